The largest absolute Gasteiger partial charge is 0.507 e. The minimum atomic E-state index is -0.516. The van der Waals surface area contributed by atoms with Gasteiger partial charge in [0.2, 0.25) is 5.76 Å². The highest BCUT2D eigenvalue weighted by Gasteiger charge is 2.21. The fraction of sp³-hybridized carbons (Fsp3) is 0.211. The summed E-state index contributed by atoms with van der Waals surface area (Å²) in [6.07, 6.45) is 0. The van der Waals surface area contributed by atoms with E-state index in [1.807, 2.05) is 37.3 Å². The number of aryl methyl sites for hydroxylation is 2. The molecule has 0 amide bonds. The van der Waals surface area contributed by atoms with Gasteiger partial charge in [0.25, 0.3) is 0 Å². The lowest BCUT2D eigenvalue weighted by atomic mass is 10.0. The van der Waals surface area contributed by atoms with E-state index in [1.165, 1.54) is 0 Å². The molecule has 23 heavy (non-hydrogen) atoms. The minimum absolute atomic E-state index is 0.0925. The van der Waals surface area contributed by atoms with E-state index in [0.29, 0.717) is 16.5 Å². The number of ether oxygens (including phenoxy) is 1. The molecule has 0 spiro atoms. The van der Waals surface area contributed by atoms with Gasteiger partial charge in [-0.3, -0.25) is 0 Å². The molecule has 0 aliphatic heterocycles. The lowest BCUT2D eigenvalue weighted by Gasteiger charge is -2.04. The lowest BCUT2D eigenvalue weighted by Crippen LogP contribution is -2.04. The molecular formula is C19H18O4. The van der Waals surface area contributed by atoms with Gasteiger partial charge in [0.1, 0.15) is 11.3 Å². The highest BCUT2D eigenvalue weighted by atomic mass is 16.5. The van der Waals surface area contributed by atoms with Gasteiger partial charge in [-0.15, -0.1) is 0 Å². The van der Waals surface area contributed by atoms with Crippen molar-refractivity contribution in [3.63, 3.8) is 0 Å². The molecule has 1 N–H and O–H groups in total. The molecule has 0 atom stereocenters. The molecule has 1 heterocycles. The minimum Gasteiger partial charge on any atom is -0.507 e. The summed E-state index contributed by atoms with van der Waals surface area (Å²) in [5.41, 5.74) is 4.03. The van der Waals surface area contributed by atoms with Gasteiger partial charge in [0, 0.05) is 5.56 Å². The number of phenolic OH excluding ortho intramolecular Hbond substituents is 1. The van der Waals surface area contributed by atoms with Crippen LogP contribution in [0, 0.1) is 13.8 Å². The van der Waals surface area contributed by atoms with Crippen LogP contribution in [0.1, 0.15) is 28.6 Å². The third-order valence-electron chi connectivity index (χ3n) is 3.85. The summed E-state index contributed by atoms with van der Waals surface area (Å²) in [4.78, 5) is 11.9. The van der Waals surface area contributed by atoms with Crippen LogP contribution >= 0.6 is 0 Å². The first kappa shape index (κ1) is 15.2. The average molecular weight is 310 g/mol. The summed E-state index contributed by atoms with van der Waals surface area (Å²) in [6, 6.07) is 11.5. The quantitative estimate of drug-likeness (QED) is 0.718. The normalized spacial score (nSPS) is 10.9. The summed E-state index contributed by atoms with van der Waals surface area (Å²) < 4.78 is 10.6. The Bertz CT molecular complexity index is 873. The number of rotatable bonds is 3. The van der Waals surface area contributed by atoms with E-state index in [1.54, 1.807) is 19.9 Å². The van der Waals surface area contributed by atoms with E-state index in [-0.39, 0.29) is 18.1 Å². The van der Waals surface area contributed by atoms with Crippen molar-refractivity contribution in [1.82, 2.24) is 0 Å². The molecule has 0 saturated heterocycles. The number of carbonyl (C=O) groups excluding carboxylic acids is 1. The van der Waals surface area contributed by atoms with Gasteiger partial charge in [-0.05, 0) is 44.0 Å². The first-order valence-electron chi connectivity index (χ1n) is 7.51. The van der Waals surface area contributed by atoms with Gasteiger partial charge >= 0.3 is 5.97 Å². The summed E-state index contributed by atoms with van der Waals surface area (Å²) in [5.74, 6) is -0.287. The van der Waals surface area contributed by atoms with E-state index < -0.39 is 5.97 Å². The SMILES string of the molecule is CCOC(=O)c1oc2cc(-c3ccc(C)cc3)cc(O)c2c1C. The maximum atomic E-state index is 11.9. The van der Waals surface area contributed by atoms with Crippen LogP contribution in [0.5, 0.6) is 5.75 Å². The second kappa shape index (κ2) is 5.80. The molecule has 4 nitrogen and oxygen atoms in total. The van der Waals surface area contributed by atoms with Crippen LogP contribution < -0.4 is 0 Å². The van der Waals surface area contributed by atoms with E-state index in [9.17, 15) is 9.90 Å². The molecule has 0 saturated carbocycles. The first-order valence-corrected chi connectivity index (χ1v) is 7.51. The van der Waals surface area contributed by atoms with Crippen molar-refractivity contribution in [1.29, 1.82) is 0 Å². The zero-order chi connectivity index (χ0) is 16.6. The van der Waals surface area contributed by atoms with Crippen molar-refractivity contribution in [2.24, 2.45) is 0 Å². The molecule has 0 radical (unpaired) electrons. The van der Waals surface area contributed by atoms with E-state index in [2.05, 4.69) is 0 Å². The van der Waals surface area contributed by atoms with Gasteiger partial charge in [-0.1, -0.05) is 29.8 Å². The van der Waals surface area contributed by atoms with Crippen LogP contribution in [0.4, 0.5) is 0 Å². The number of furan rings is 1. The average Bonchev–Trinajstić information content (AvgIpc) is 2.86. The Labute approximate surface area is 134 Å². The highest BCUT2D eigenvalue weighted by molar-refractivity contribution is 5.99. The second-order valence-electron chi connectivity index (χ2n) is 5.51. The predicted molar refractivity (Wildman–Crippen MR) is 88.7 cm³/mol. The molecule has 3 rings (SSSR count). The summed E-state index contributed by atoms with van der Waals surface area (Å²) in [6.45, 7) is 5.77. The zero-order valence-corrected chi connectivity index (χ0v) is 13.3. The fourth-order valence-electron chi connectivity index (χ4n) is 2.66. The highest BCUT2D eigenvalue weighted by Crippen LogP contribution is 2.37. The van der Waals surface area contributed by atoms with E-state index in [0.717, 1.165) is 16.7 Å². The molecule has 0 fully saturated rings. The van der Waals surface area contributed by atoms with Crippen molar-refractivity contribution in [3.05, 3.63) is 53.3 Å². The van der Waals surface area contributed by atoms with Gasteiger partial charge in [-0.25, -0.2) is 4.79 Å². The molecule has 1 aromatic heterocycles. The Morgan fingerprint density at radius 1 is 1.13 bits per heavy atom. The Hall–Kier alpha value is -2.75. The van der Waals surface area contributed by atoms with Crippen LogP contribution in [0.3, 0.4) is 0 Å². The number of hydrogen-bond donors (Lipinski definition) is 1. The van der Waals surface area contributed by atoms with Crippen molar-refractivity contribution >= 4 is 16.9 Å². The van der Waals surface area contributed by atoms with E-state index >= 15 is 0 Å². The van der Waals surface area contributed by atoms with Crippen LogP contribution in [0.2, 0.25) is 0 Å². The Kier molecular flexibility index (Phi) is 3.82. The maximum absolute atomic E-state index is 11.9. The monoisotopic (exact) mass is 310 g/mol. The number of hydrogen-bond acceptors (Lipinski definition) is 4. The van der Waals surface area contributed by atoms with Gasteiger partial charge in [0.05, 0.1) is 12.0 Å². The van der Waals surface area contributed by atoms with Crippen molar-refractivity contribution in [2.45, 2.75) is 20.8 Å². The summed E-state index contributed by atoms with van der Waals surface area (Å²) in [5, 5.41) is 10.9. The number of esters is 1. The molecule has 0 unspecified atom stereocenters. The molecule has 0 bridgehead atoms. The van der Waals surface area contributed by atoms with Crippen LogP contribution in [-0.4, -0.2) is 17.7 Å². The Morgan fingerprint density at radius 3 is 2.48 bits per heavy atom. The number of fused-ring (bicyclic) bond motifs is 1. The number of aromatic hydroxyl groups is 1. The van der Waals surface area contributed by atoms with Crippen LogP contribution in [0.15, 0.2) is 40.8 Å². The van der Waals surface area contributed by atoms with Crippen molar-refractivity contribution < 1.29 is 19.1 Å². The second-order valence-corrected chi connectivity index (χ2v) is 5.51. The number of carbonyl (C=O) groups is 1. The predicted octanol–water partition coefficient (Wildman–Crippen LogP) is 4.60. The fourth-order valence-corrected chi connectivity index (χ4v) is 2.66. The number of phenols is 1. The molecule has 2 aromatic carbocycles. The van der Waals surface area contributed by atoms with Crippen LogP contribution in [0.25, 0.3) is 22.1 Å². The standard InChI is InChI=1S/C19H18O4/c1-4-22-19(21)18-12(3)17-15(20)9-14(10-16(17)23-18)13-7-5-11(2)6-8-13/h5-10,20H,4H2,1-3H3. The summed E-state index contributed by atoms with van der Waals surface area (Å²) >= 11 is 0. The molecule has 118 valence electrons. The third kappa shape index (κ3) is 2.68. The summed E-state index contributed by atoms with van der Waals surface area (Å²) in [7, 11) is 0. The van der Waals surface area contributed by atoms with Gasteiger partial charge < -0.3 is 14.3 Å². The van der Waals surface area contributed by atoms with E-state index in [4.69, 9.17) is 9.15 Å². The molecule has 0 aliphatic carbocycles. The smallest absolute Gasteiger partial charge is 0.374 e. The van der Waals surface area contributed by atoms with Crippen molar-refractivity contribution in [3.8, 4) is 16.9 Å². The molecular weight excluding hydrogens is 292 g/mol. The maximum Gasteiger partial charge on any atom is 0.374 e. The van der Waals surface area contributed by atoms with Gasteiger partial charge in [0.15, 0.2) is 0 Å². The molecule has 4 heteroatoms. The Morgan fingerprint density at radius 2 is 1.83 bits per heavy atom. The zero-order valence-electron chi connectivity index (χ0n) is 13.3. The lowest BCUT2D eigenvalue weighted by molar-refractivity contribution is 0.0491. The van der Waals surface area contributed by atoms with Crippen LogP contribution in [-0.2, 0) is 4.74 Å². The first-order chi connectivity index (χ1) is 11.0. The Balaban J connectivity index is 2.15. The molecule has 3 aromatic rings. The number of benzene rings is 2. The topological polar surface area (TPSA) is 59.7 Å². The van der Waals surface area contributed by atoms with Gasteiger partial charge in [-0.2, -0.15) is 0 Å². The van der Waals surface area contributed by atoms with Crippen molar-refractivity contribution in [2.75, 3.05) is 6.61 Å². The third-order valence-corrected chi connectivity index (χ3v) is 3.85. The molecule has 0 aliphatic rings.